The van der Waals surface area contributed by atoms with E-state index in [1.165, 1.54) is 0 Å². The van der Waals surface area contributed by atoms with Crippen LogP contribution in [0, 0.1) is 0 Å². The molecule has 1 fully saturated rings. The Balaban J connectivity index is 1.52. The second-order valence-electron chi connectivity index (χ2n) is 6.32. The highest BCUT2D eigenvalue weighted by Gasteiger charge is 2.32. The molecule has 1 N–H and O–H groups in total. The first kappa shape index (κ1) is 16.9. The predicted octanol–water partition coefficient (Wildman–Crippen LogP) is 1.78. The number of carbonyl (C=O) groups is 2. The molecule has 0 bridgehead atoms. The molecular weight excluding hydrogens is 310 g/mol. The van der Waals surface area contributed by atoms with Crippen LogP contribution in [0.2, 0.25) is 0 Å². The van der Waals surface area contributed by atoms with Crippen molar-refractivity contribution in [2.75, 3.05) is 26.4 Å². The van der Waals surface area contributed by atoms with Crippen LogP contribution >= 0.6 is 0 Å². The zero-order valence-corrected chi connectivity index (χ0v) is 13.6. The molecular formula is C18H23NO5. The minimum Gasteiger partial charge on any atom is -0.481 e. The molecule has 1 aromatic rings. The second kappa shape index (κ2) is 7.77. The number of benzene rings is 1. The molecule has 2 heterocycles. The topological polar surface area (TPSA) is 76.1 Å². The smallest absolute Gasteiger partial charge is 0.312 e. The van der Waals surface area contributed by atoms with Crippen LogP contribution in [0.5, 0.6) is 0 Å². The van der Waals surface area contributed by atoms with Crippen LogP contribution in [0.1, 0.15) is 36.3 Å². The van der Waals surface area contributed by atoms with E-state index in [0.717, 1.165) is 30.6 Å². The number of carboxylic acids is 1. The van der Waals surface area contributed by atoms with Gasteiger partial charge in [0.2, 0.25) is 5.91 Å². The van der Waals surface area contributed by atoms with Crippen molar-refractivity contribution in [1.82, 2.24) is 4.90 Å². The van der Waals surface area contributed by atoms with Crippen molar-refractivity contribution in [3.8, 4) is 0 Å². The van der Waals surface area contributed by atoms with E-state index >= 15 is 0 Å². The number of amides is 1. The van der Waals surface area contributed by atoms with Crippen molar-refractivity contribution in [1.29, 1.82) is 0 Å². The van der Waals surface area contributed by atoms with Crippen LogP contribution in [0.15, 0.2) is 24.3 Å². The van der Waals surface area contributed by atoms with E-state index in [1.807, 2.05) is 24.3 Å². The lowest BCUT2D eigenvalue weighted by molar-refractivity contribution is -0.141. The number of fused-ring (bicyclic) bond motifs is 1. The monoisotopic (exact) mass is 333 g/mol. The summed E-state index contributed by atoms with van der Waals surface area (Å²) in [4.78, 5) is 25.5. The summed E-state index contributed by atoms with van der Waals surface area (Å²) in [6.45, 7) is 2.33. The van der Waals surface area contributed by atoms with E-state index in [4.69, 9.17) is 9.47 Å². The van der Waals surface area contributed by atoms with Crippen molar-refractivity contribution < 1.29 is 24.2 Å². The molecule has 0 spiro atoms. The first-order valence-electron chi connectivity index (χ1n) is 8.43. The molecule has 2 aliphatic heterocycles. The summed E-state index contributed by atoms with van der Waals surface area (Å²) in [6.07, 6.45) is 2.49. The number of hydrogen-bond acceptors (Lipinski definition) is 4. The first-order chi connectivity index (χ1) is 11.6. The number of nitrogens with zero attached hydrogens (tertiary/aromatic N) is 1. The molecule has 0 aromatic heterocycles. The molecule has 24 heavy (non-hydrogen) atoms. The average molecular weight is 333 g/mol. The number of carbonyl (C=O) groups excluding carboxylic acids is 1. The molecule has 3 rings (SSSR count). The number of hydrogen-bond donors (Lipinski definition) is 1. The second-order valence-corrected chi connectivity index (χ2v) is 6.32. The fourth-order valence-electron chi connectivity index (χ4n) is 3.32. The van der Waals surface area contributed by atoms with Crippen molar-refractivity contribution >= 4 is 11.9 Å². The molecule has 1 amide bonds. The maximum Gasteiger partial charge on any atom is 0.312 e. The fraction of sp³-hybridized carbons (Fsp3) is 0.556. The molecule has 0 saturated carbocycles. The van der Waals surface area contributed by atoms with Gasteiger partial charge < -0.3 is 19.5 Å². The molecule has 0 aliphatic carbocycles. The highest BCUT2D eigenvalue weighted by molar-refractivity contribution is 5.81. The lowest BCUT2D eigenvalue weighted by atomic mass is 9.89. The third kappa shape index (κ3) is 3.94. The van der Waals surface area contributed by atoms with E-state index in [0.29, 0.717) is 19.8 Å². The van der Waals surface area contributed by atoms with Gasteiger partial charge >= 0.3 is 5.97 Å². The van der Waals surface area contributed by atoms with Crippen molar-refractivity contribution in [3.05, 3.63) is 35.4 Å². The standard InChI is InChI=1S/C18H23NO5/c20-17(7-9-23-12-14-5-3-8-24-14)19-10-13-4-1-2-6-15(13)16(11-19)18(21)22/h1-2,4,6,14,16H,3,5,7-12H2,(H,21,22). The highest BCUT2D eigenvalue weighted by atomic mass is 16.5. The Kier molecular flexibility index (Phi) is 5.48. The molecule has 2 atom stereocenters. The van der Waals surface area contributed by atoms with E-state index in [1.54, 1.807) is 4.90 Å². The molecule has 6 heteroatoms. The van der Waals surface area contributed by atoms with Gasteiger partial charge in [0.1, 0.15) is 0 Å². The quantitative estimate of drug-likeness (QED) is 0.803. The minimum atomic E-state index is -0.894. The van der Waals surface area contributed by atoms with Gasteiger partial charge in [-0.05, 0) is 24.0 Å². The van der Waals surface area contributed by atoms with E-state index in [9.17, 15) is 14.7 Å². The summed E-state index contributed by atoms with van der Waals surface area (Å²) < 4.78 is 11.0. The Bertz CT molecular complexity index is 597. The maximum atomic E-state index is 12.4. The van der Waals surface area contributed by atoms with Gasteiger partial charge in [-0.15, -0.1) is 0 Å². The van der Waals surface area contributed by atoms with Gasteiger partial charge in [0.05, 0.1) is 31.7 Å². The van der Waals surface area contributed by atoms with Gasteiger partial charge in [-0.2, -0.15) is 0 Å². The molecule has 1 aromatic carbocycles. The number of carboxylic acid groups (broad SMARTS) is 1. The van der Waals surface area contributed by atoms with E-state index in [2.05, 4.69) is 0 Å². The van der Waals surface area contributed by atoms with Gasteiger partial charge in [0.25, 0.3) is 0 Å². The van der Waals surface area contributed by atoms with Crippen LogP contribution < -0.4 is 0 Å². The normalized spacial score (nSPS) is 23.1. The van der Waals surface area contributed by atoms with Crippen molar-refractivity contribution in [2.45, 2.75) is 37.8 Å². The Morgan fingerprint density at radius 2 is 2.17 bits per heavy atom. The van der Waals surface area contributed by atoms with Gasteiger partial charge in [-0.25, -0.2) is 0 Å². The van der Waals surface area contributed by atoms with Gasteiger partial charge in [0, 0.05) is 19.7 Å². The molecule has 0 radical (unpaired) electrons. The Morgan fingerprint density at radius 3 is 2.92 bits per heavy atom. The average Bonchev–Trinajstić information content (AvgIpc) is 3.10. The van der Waals surface area contributed by atoms with Crippen LogP contribution in [-0.4, -0.2) is 54.4 Å². The van der Waals surface area contributed by atoms with Crippen LogP contribution in [-0.2, 0) is 25.6 Å². The maximum absolute atomic E-state index is 12.4. The van der Waals surface area contributed by atoms with Crippen LogP contribution in [0.3, 0.4) is 0 Å². The van der Waals surface area contributed by atoms with Crippen molar-refractivity contribution in [2.24, 2.45) is 0 Å². The summed E-state index contributed by atoms with van der Waals surface area (Å²) >= 11 is 0. The van der Waals surface area contributed by atoms with Crippen molar-refractivity contribution in [3.63, 3.8) is 0 Å². The molecule has 1 saturated heterocycles. The van der Waals surface area contributed by atoms with Crippen LogP contribution in [0.4, 0.5) is 0 Å². The summed E-state index contributed by atoms with van der Waals surface area (Å²) in [7, 11) is 0. The summed E-state index contributed by atoms with van der Waals surface area (Å²) in [5.74, 6) is -1.62. The van der Waals surface area contributed by atoms with Gasteiger partial charge in [-0.1, -0.05) is 24.3 Å². The largest absolute Gasteiger partial charge is 0.481 e. The first-order valence-corrected chi connectivity index (χ1v) is 8.43. The Hall–Kier alpha value is -1.92. The zero-order valence-electron chi connectivity index (χ0n) is 13.6. The fourth-order valence-corrected chi connectivity index (χ4v) is 3.32. The van der Waals surface area contributed by atoms with Gasteiger partial charge in [-0.3, -0.25) is 9.59 Å². The molecule has 6 nitrogen and oxygen atoms in total. The molecule has 2 unspecified atom stereocenters. The molecule has 2 aliphatic rings. The SMILES string of the molecule is O=C(O)C1CN(C(=O)CCOCC2CCCO2)Cc2ccccc21. The predicted molar refractivity (Wildman–Crippen MR) is 86.6 cm³/mol. The summed E-state index contributed by atoms with van der Waals surface area (Å²) in [5.41, 5.74) is 1.72. The number of aliphatic carboxylic acids is 1. The highest BCUT2D eigenvalue weighted by Crippen LogP contribution is 2.28. The Morgan fingerprint density at radius 1 is 1.33 bits per heavy atom. The third-order valence-corrected chi connectivity index (χ3v) is 4.63. The number of ether oxygens (including phenoxy) is 2. The lowest BCUT2D eigenvalue weighted by Gasteiger charge is -2.32. The van der Waals surface area contributed by atoms with E-state index in [-0.39, 0.29) is 25.0 Å². The lowest BCUT2D eigenvalue weighted by Crippen LogP contribution is -2.41. The number of rotatable bonds is 6. The minimum absolute atomic E-state index is 0.0666. The Labute approximate surface area is 141 Å². The van der Waals surface area contributed by atoms with E-state index < -0.39 is 11.9 Å². The summed E-state index contributed by atoms with van der Waals surface area (Å²) in [6, 6.07) is 7.43. The van der Waals surface area contributed by atoms with Gasteiger partial charge in [0.15, 0.2) is 0 Å². The van der Waals surface area contributed by atoms with Crippen LogP contribution in [0.25, 0.3) is 0 Å². The summed E-state index contributed by atoms with van der Waals surface area (Å²) in [5, 5.41) is 9.44. The zero-order chi connectivity index (χ0) is 16.9. The third-order valence-electron chi connectivity index (χ3n) is 4.63. The molecule has 130 valence electrons.